The molecule has 7 heteroatoms. The van der Waals surface area contributed by atoms with Gasteiger partial charge in [-0.1, -0.05) is 12.1 Å². The molecule has 6 nitrogen and oxygen atoms in total. The largest absolute Gasteiger partial charge is 0.454 e. The number of hydrogen-bond donors (Lipinski definition) is 1. The van der Waals surface area contributed by atoms with Crippen LogP contribution in [0.25, 0.3) is 0 Å². The summed E-state index contributed by atoms with van der Waals surface area (Å²) in [5, 5.41) is 10.9. The van der Waals surface area contributed by atoms with Gasteiger partial charge >= 0.3 is 0 Å². The summed E-state index contributed by atoms with van der Waals surface area (Å²) < 4.78 is 13.6. The number of hydrogen-bond acceptors (Lipinski definition) is 6. The lowest BCUT2D eigenvalue weighted by atomic mass is 10.3. The average Bonchev–Trinajstić information content (AvgIpc) is 2.92. The molecule has 0 amide bonds. The molecular formula is C13H10N2O4S. The minimum absolute atomic E-state index is 0.0748. The highest BCUT2D eigenvalue weighted by Crippen LogP contribution is 2.36. The first-order valence-electron chi connectivity index (χ1n) is 5.80. The summed E-state index contributed by atoms with van der Waals surface area (Å²) in [6.45, 7) is 0.218. The van der Waals surface area contributed by atoms with Crippen LogP contribution in [0.2, 0.25) is 0 Å². The third kappa shape index (κ3) is 2.48. The molecule has 0 aromatic heterocycles. The number of para-hydroxylation sites is 1. The second kappa shape index (κ2) is 5.30. The third-order valence-corrected chi connectivity index (χ3v) is 3.62. The van der Waals surface area contributed by atoms with Gasteiger partial charge < -0.3 is 14.2 Å². The molecule has 0 aliphatic carbocycles. The van der Waals surface area contributed by atoms with Crippen molar-refractivity contribution in [1.82, 2.24) is 0 Å². The van der Waals surface area contributed by atoms with Crippen LogP contribution >= 0.6 is 11.9 Å². The Hall–Kier alpha value is -2.41. The van der Waals surface area contributed by atoms with Gasteiger partial charge in [0, 0.05) is 17.8 Å². The Morgan fingerprint density at radius 2 is 1.95 bits per heavy atom. The topological polar surface area (TPSA) is 73.6 Å². The van der Waals surface area contributed by atoms with Gasteiger partial charge in [0.25, 0.3) is 5.69 Å². The van der Waals surface area contributed by atoms with Gasteiger partial charge in [-0.2, -0.15) is 0 Å². The van der Waals surface area contributed by atoms with E-state index in [-0.39, 0.29) is 12.5 Å². The van der Waals surface area contributed by atoms with Gasteiger partial charge in [-0.25, -0.2) is 0 Å². The van der Waals surface area contributed by atoms with Crippen molar-refractivity contribution in [2.24, 2.45) is 0 Å². The second-order valence-corrected chi connectivity index (χ2v) is 4.85. The Bertz CT molecular complexity index is 663. The molecule has 2 aromatic rings. The van der Waals surface area contributed by atoms with Crippen LogP contribution in [-0.2, 0) is 0 Å². The van der Waals surface area contributed by atoms with Crippen molar-refractivity contribution < 1.29 is 14.4 Å². The molecule has 2 aromatic carbocycles. The van der Waals surface area contributed by atoms with Crippen LogP contribution in [0.5, 0.6) is 11.5 Å². The standard InChI is InChI=1S/C13H10N2O4S/c16-15(17)10-3-1-2-4-13(10)20-14-9-5-6-11-12(7-9)19-8-18-11/h1-7,14H,8H2. The smallest absolute Gasteiger partial charge is 0.284 e. The molecule has 0 saturated heterocycles. The van der Waals surface area contributed by atoms with E-state index in [0.29, 0.717) is 16.4 Å². The average molecular weight is 290 g/mol. The predicted molar refractivity (Wildman–Crippen MR) is 75.1 cm³/mol. The van der Waals surface area contributed by atoms with E-state index in [0.717, 1.165) is 5.69 Å². The highest BCUT2D eigenvalue weighted by molar-refractivity contribution is 8.00. The summed E-state index contributed by atoms with van der Waals surface area (Å²) >= 11 is 1.19. The summed E-state index contributed by atoms with van der Waals surface area (Å²) in [5.41, 5.74) is 0.864. The molecule has 0 saturated carbocycles. The summed E-state index contributed by atoms with van der Waals surface area (Å²) in [4.78, 5) is 11.1. The molecule has 0 unspecified atom stereocenters. The maximum Gasteiger partial charge on any atom is 0.284 e. The molecule has 1 N–H and O–H groups in total. The second-order valence-electron chi connectivity index (χ2n) is 4.00. The number of nitro groups is 1. The molecule has 0 radical (unpaired) electrons. The molecule has 102 valence electrons. The van der Waals surface area contributed by atoms with Crippen LogP contribution in [0, 0.1) is 10.1 Å². The van der Waals surface area contributed by atoms with Crippen LogP contribution in [0.1, 0.15) is 0 Å². The Balaban J connectivity index is 1.75. The van der Waals surface area contributed by atoms with Crippen molar-refractivity contribution in [3.8, 4) is 11.5 Å². The Kier molecular flexibility index (Phi) is 3.34. The lowest BCUT2D eigenvalue weighted by molar-refractivity contribution is -0.387. The molecule has 1 heterocycles. The van der Waals surface area contributed by atoms with Crippen molar-refractivity contribution in [3.05, 3.63) is 52.6 Å². The van der Waals surface area contributed by atoms with Crippen molar-refractivity contribution in [2.75, 3.05) is 11.5 Å². The normalized spacial score (nSPS) is 12.2. The number of fused-ring (bicyclic) bond motifs is 1. The fourth-order valence-corrected chi connectivity index (χ4v) is 2.52. The van der Waals surface area contributed by atoms with Crippen LogP contribution < -0.4 is 14.2 Å². The maximum atomic E-state index is 10.9. The highest BCUT2D eigenvalue weighted by Gasteiger charge is 2.15. The molecule has 0 fully saturated rings. The SMILES string of the molecule is O=[N+]([O-])c1ccccc1SNc1ccc2c(c1)OCO2. The van der Waals surface area contributed by atoms with Gasteiger partial charge in [0.2, 0.25) is 6.79 Å². The first kappa shape index (κ1) is 12.6. The van der Waals surface area contributed by atoms with Crippen LogP contribution in [0.4, 0.5) is 11.4 Å². The Morgan fingerprint density at radius 1 is 1.15 bits per heavy atom. The molecular weight excluding hydrogens is 280 g/mol. The van der Waals surface area contributed by atoms with E-state index in [1.807, 2.05) is 6.07 Å². The zero-order valence-corrected chi connectivity index (χ0v) is 11.1. The molecule has 0 spiro atoms. The van der Waals surface area contributed by atoms with Crippen molar-refractivity contribution in [2.45, 2.75) is 4.90 Å². The van der Waals surface area contributed by atoms with E-state index in [1.165, 1.54) is 18.0 Å². The maximum absolute atomic E-state index is 10.9. The van der Waals surface area contributed by atoms with E-state index in [4.69, 9.17) is 9.47 Å². The van der Waals surface area contributed by atoms with E-state index in [1.54, 1.807) is 30.3 Å². The van der Waals surface area contributed by atoms with Crippen molar-refractivity contribution in [1.29, 1.82) is 0 Å². The number of benzene rings is 2. The van der Waals surface area contributed by atoms with E-state index < -0.39 is 4.92 Å². The molecule has 3 rings (SSSR count). The number of nitrogens with one attached hydrogen (secondary N) is 1. The lowest BCUT2D eigenvalue weighted by Gasteiger charge is -2.06. The van der Waals surface area contributed by atoms with Gasteiger partial charge in [-0.15, -0.1) is 0 Å². The summed E-state index contributed by atoms with van der Waals surface area (Å²) in [6, 6.07) is 12.0. The first-order chi connectivity index (χ1) is 9.74. The summed E-state index contributed by atoms with van der Waals surface area (Å²) in [5.74, 6) is 1.37. The van der Waals surface area contributed by atoms with Crippen LogP contribution in [-0.4, -0.2) is 11.7 Å². The summed E-state index contributed by atoms with van der Waals surface area (Å²) in [6.07, 6.45) is 0. The first-order valence-corrected chi connectivity index (χ1v) is 6.61. The number of nitrogens with zero attached hydrogens (tertiary/aromatic N) is 1. The monoisotopic (exact) mass is 290 g/mol. The highest BCUT2D eigenvalue weighted by atomic mass is 32.2. The molecule has 20 heavy (non-hydrogen) atoms. The molecule has 1 aliphatic rings. The quantitative estimate of drug-likeness (QED) is 0.528. The van der Waals surface area contributed by atoms with Gasteiger partial charge in [0.1, 0.15) is 4.90 Å². The van der Waals surface area contributed by atoms with E-state index in [2.05, 4.69) is 4.72 Å². The lowest BCUT2D eigenvalue weighted by Crippen LogP contribution is -1.93. The molecule has 0 bridgehead atoms. The van der Waals surface area contributed by atoms with Crippen LogP contribution in [0.15, 0.2) is 47.4 Å². The Morgan fingerprint density at radius 3 is 2.80 bits per heavy atom. The minimum Gasteiger partial charge on any atom is -0.454 e. The predicted octanol–water partition coefficient (Wildman–Crippen LogP) is 3.44. The van der Waals surface area contributed by atoms with E-state index in [9.17, 15) is 10.1 Å². The fourth-order valence-electron chi connectivity index (χ4n) is 1.77. The Labute approximate surface area is 119 Å². The number of ether oxygens (including phenoxy) is 2. The minimum atomic E-state index is -0.399. The van der Waals surface area contributed by atoms with Gasteiger partial charge in [-0.05, 0) is 30.1 Å². The van der Waals surface area contributed by atoms with Crippen molar-refractivity contribution >= 4 is 23.3 Å². The zero-order valence-electron chi connectivity index (χ0n) is 10.2. The molecule has 1 aliphatic heterocycles. The zero-order chi connectivity index (χ0) is 13.9. The van der Waals surface area contributed by atoms with Gasteiger partial charge in [0.05, 0.1) is 4.92 Å². The van der Waals surface area contributed by atoms with E-state index >= 15 is 0 Å². The van der Waals surface area contributed by atoms with Gasteiger partial charge in [0.15, 0.2) is 11.5 Å². The number of rotatable bonds is 4. The van der Waals surface area contributed by atoms with Gasteiger partial charge in [-0.3, -0.25) is 10.1 Å². The van der Waals surface area contributed by atoms with Crippen LogP contribution in [0.3, 0.4) is 0 Å². The molecule has 0 atom stereocenters. The number of nitro benzene ring substituents is 1. The van der Waals surface area contributed by atoms with Crippen molar-refractivity contribution in [3.63, 3.8) is 0 Å². The fraction of sp³-hybridized carbons (Fsp3) is 0.0769. The third-order valence-electron chi connectivity index (χ3n) is 2.71. The number of anilines is 1. The summed E-state index contributed by atoms with van der Waals surface area (Å²) in [7, 11) is 0.